The van der Waals surface area contributed by atoms with E-state index in [9.17, 15) is 5.11 Å². The van der Waals surface area contributed by atoms with Crippen LogP contribution in [0.25, 0.3) is 16.9 Å². The van der Waals surface area contributed by atoms with Gasteiger partial charge in [0, 0.05) is 16.6 Å². The number of anilines is 2. The van der Waals surface area contributed by atoms with Gasteiger partial charge in [0.05, 0.1) is 23.3 Å². The molecule has 124 valence electrons. The van der Waals surface area contributed by atoms with Gasteiger partial charge in [0.1, 0.15) is 5.75 Å². The summed E-state index contributed by atoms with van der Waals surface area (Å²) in [6, 6.07) is 17.0. The molecule has 0 bridgehead atoms. The molecule has 0 aliphatic rings. The van der Waals surface area contributed by atoms with Gasteiger partial charge in [-0.2, -0.15) is 5.10 Å². The van der Waals surface area contributed by atoms with E-state index < -0.39 is 0 Å². The molecule has 0 aliphatic carbocycles. The number of rotatable bonds is 4. The Morgan fingerprint density at radius 1 is 1.04 bits per heavy atom. The molecule has 0 saturated carbocycles. The van der Waals surface area contributed by atoms with Crippen molar-refractivity contribution < 1.29 is 5.11 Å². The first kappa shape index (κ1) is 15.4. The molecule has 0 unspecified atom stereocenters. The second-order valence-electron chi connectivity index (χ2n) is 5.60. The first-order valence-corrected chi connectivity index (χ1v) is 8.71. The van der Waals surface area contributed by atoms with Gasteiger partial charge in [0.25, 0.3) is 0 Å². The third-order valence-corrected chi connectivity index (χ3v) is 4.67. The SMILES string of the molecule is Cc1c(-c2csc(Nc3ccc(O)cc3)n2)cnn1-c1ccccc1. The molecule has 6 heteroatoms. The Morgan fingerprint density at radius 3 is 2.56 bits per heavy atom. The molecule has 4 rings (SSSR count). The average molecular weight is 348 g/mol. The van der Waals surface area contributed by atoms with Gasteiger partial charge in [-0.25, -0.2) is 9.67 Å². The molecule has 0 aliphatic heterocycles. The maximum Gasteiger partial charge on any atom is 0.187 e. The van der Waals surface area contributed by atoms with Crippen LogP contribution in [0.1, 0.15) is 5.69 Å². The Morgan fingerprint density at radius 2 is 1.80 bits per heavy atom. The number of hydrogen-bond donors (Lipinski definition) is 2. The highest BCUT2D eigenvalue weighted by Crippen LogP contribution is 2.30. The number of aromatic nitrogens is 3. The Labute approximate surface area is 149 Å². The molecule has 5 nitrogen and oxygen atoms in total. The maximum atomic E-state index is 9.35. The molecule has 2 N–H and O–H groups in total. The van der Waals surface area contributed by atoms with Crippen LogP contribution in [-0.4, -0.2) is 19.9 Å². The Kier molecular flexibility index (Phi) is 3.95. The molecule has 25 heavy (non-hydrogen) atoms. The van der Waals surface area contributed by atoms with E-state index in [1.807, 2.05) is 65.6 Å². The summed E-state index contributed by atoms with van der Waals surface area (Å²) in [4.78, 5) is 4.66. The molecule has 0 saturated heterocycles. The van der Waals surface area contributed by atoms with Gasteiger partial charge in [0.2, 0.25) is 0 Å². The van der Waals surface area contributed by atoms with Crippen LogP contribution in [0.3, 0.4) is 0 Å². The molecule has 2 aromatic carbocycles. The van der Waals surface area contributed by atoms with Gasteiger partial charge in [0.15, 0.2) is 5.13 Å². The van der Waals surface area contributed by atoms with Gasteiger partial charge >= 0.3 is 0 Å². The monoisotopic (exact) mass is 348 g/mol. The van der Waals surface area contributed by atoms with Crippen molar-refractivity contribution in [2.75, 3.05) is 5.32 Å². The molecular weight excluding hydrogens is 332 g/mol. The van der Waals surface area contributed by atoms with Crippen LogP contribution in [-0.2, 0) is 0 Å². The van der Waals surface area contributed by atoms with Crippen molar-refractivity contribution >= 4 is 22.2 Å². The molecule has 0 amide bonds. The number of benzene rings is 2. The number of hydrogen-bond acceptors (Lipinski definition) is 5. The molecule has 0 spiro atoms. The van der Waals surface area contributed by atoms with E-state index in [1.165, 1.54) is 11.3 Å². The van der Waals surface area contributed by atoms with E-state index in [-0.39, 0.29) is 5.75 Å². The van der Waals surface area contributed by atoms with Crippen molar-refractivity contribution in [3.63, 3.8) is 0 Å². The van der Waals surface area contributed by atoms with Gasteiger partial charge in [-0.15, -0.1) is 11.3 Å². The van der Waals surface area contributed by atoms with Crippen LogP contribution in [0.4, 0.5) is 10.8 Å². The molecule has 0 radical (unpaired) electrons. The van der Waals surface area contributed by atoms with E-state index in [4.69, 9.17) is 0 Å². The summed E-state index contributed by atoms with van der Waals surface area (Å²) >= 11 is 1.54. The van der Waals surface area contributed by atoms with Crippen LogP contribution in [0, 0.1) is 6.92 Å². The fourth-order valence-corrected chi connectivity index (χ4v) is 3.34. The first-order valence-electron chi connectivity index (χ1n) is 7.83. The number of phenols is 1. The summed E-state index contributed by atoms with van der Waals surface area (Å²) in [5.74, 6) is 0.245. The average Bonchev–Trinajstić information content (AvgIpc) is 3.24. The molecule has 2 heterocycles. The van der Waals surface area contributed by atoms with Crippen molar-refractivity contribution in [3.8, 4) is 22.7 Å². The predicted octanol–water partition coefficient (Wildman–Crippen LogP) is 4.75. The number of para-hydroxylation sites is 1. The van der Waals surface area contributed by atoms with Crippen LogP contribution in [0.5, 0.6) is 5.75 Å². The van der Waals surface area contributed by atoms with E-state index in [2.05, 4.69) is 15.4 Å². The summed E-state index contributed by atoms with van der Waals surface area (Å²) in [7, 11) is 0. The summed E-state index contributed by atoms with van der Waals surface area (Å²) in [6.45, 7) is 2.04. The highest BCUT2D eigenvalue weighted by molar-refractivity contribution is 7.14. The Hall–Kier alpha value is -3.12. The van der Waals surface area contributed by atoms with E-state index in [1.54, 1.807) is 12.1 Å². The zero-order chi connectivity index (χ0) is 17.2. The lowest BCUT2D eigenvalue weighted by Crippen LogP contribution is -1.98. The normalized spacial score (nSPS) is 10.8. The van der Waals surface area contributed by atoms with Gasteiger partial charge < -0.3 is 10.4 Å². The summed E-state index contributed by atoms with van der Waals surface area (Å²) in [6.07, 6.45) is 1.85. The molecule has 2 aromatic heterocycles. The third-order valence-electron chi connectivity index (χ3n) is 3.91. The van der Waals surface area contributed by atoms with Crippen LogP contribution >= 0.6 is 11.3 Å². The lowest BCUT2D eigenvalue weighted by atomic mass is 10.2. The Balaban J connectivity index is 1.60. The van der Waals surface area contributed by atoms with Gasteiger partial charge in [-0.3, -0.25) is 0 Å². The fourth-order valence-electron chi connectivity index (χ4n) is 2.61. The molecule has 0 fully saturated rings. The zero-order valence-corrected chi connectivity index (χ0v) is 14.4. The van der Waals surface area contributed by atoms with E-state index in [0.29, 0.717) is 0 Å². The molecule has 0 atom stereocenters. The number of nitrogens with zero attached hydrogens (tertiary/aromatic N) is 3. The number of nitrogens with one attached hydrogen (secondary N) is 1. The predicted molar refractivity (Wildman–Crippen MR) is 101 cm³/mol. The van der Waals surface area contributed by atoms with Crippen LogP contribution in [0.15, 0.2) is 66.2 Å². The second kappa shape index (κ2) is 6.41. The van der Waals surface area contributed by atoms with E-state index in [0.717, 1.165) is 33.5 Å². The minimum Gasteiger partial charge on any atom is -0.508 e. The fraction of sp³-hybridized carbons (Fsp3) is 0.0526. The van der Waals surface area contributed by atoms with E-state index >= 15 is 0 Å². The van der Waals surface area contributed by atoms with Gasteiger partial charge in [-0.1, -0.05) is 18.2 Å². The quantitative estimate of drug-likeness (QED) is 0.522. The number of thiazole rings is 1. The topological polar surface area (TPSA) is 63.0 Å². The summed E-state index contributed by atoms with van der Waals surface area (Å²) in [5.41, 5.74) is 4.87. The second-order valence-corrected chi connectivity index (χ2v) is 6.46. The standard InChI is InChI=1S/C19H16N4OS/c1-13-17(11-20-23(13)15-5-3-2-4-6-15)18-12-25-19(22-18)21-14-7-9-16(24)10-8-14/h2-12,24H,1H3,(H,21,22). The van der Waals surface area contributed by atoms with Crippen molar-refractivity contribution in [3.05, 3.63) is 71.9 Å². The zero-order valence-electron chi connectivity index (χ0n) is 13.5. The minimum atomic E-state index is 0.245. The highest BCUT2D eigenvalue weighted by Gasteiger charge is 2.13. The van der Waals surface area contributed by atoms with Crippen molar-refractivity contribution in [1.29, 1.82) is 0 Å². The lowest BCUT2D eigenvalue weighted by molar-refractivity contribution is 0.475. The van der Waals surface area contributed by atoms with Gasteiger partial charge in [-0.05, 0) is 43.3 Å². The minimum absolute atomic E-state index is 0.245. The van der Waals surface area contributed by atoms with Crippen molar-refractivity contribution in [2.24, 2.45) is 0 Å². The Bertz CT molecular complexity index is 990. The van der Waals surface area contributed by atoms with Crippen molar-refractivity contribution in [1.82, 2.24) is 14.8 Å². The lowest BCUT2D eigenvalue weighted by Gasteiger charge is -2.04. The first-order chi connectivity index (χ1) is 12.2. The van der Waals surface area contributed by atoms with Crippen LogP contribution in [0.2, 0.25) is 0 Å². The highest BCUT2D eigenvalue weighted by atomic mass is 32.1. The third kappa shape index (κ3) is 3.12. The summed E-state index contributed by atoms with van der Waals surface area (Å²) < 4.78 is 1.92. The maximum absolute atomic E-state index is 9.35. The van der Waals surface area contributed by atoms with Crippen molar-refractivity contribution in [2.45, 2.75) is 6.92 Å². The van der Waals surface area contributed by atoms with Crippen LogP contribution < -0.4 is 5.32 Å². The number of phenolic OH excluding ortho intramolecular Hbond substituents is 1. The largest absolute Gasteiger partial charge is 0.508 e. The summed E-state index contributed by atoms with van der Waals surface area (Å²) in [5, 5.41) is 19.9. The smallest absolute Gasteiger partial charge is 0.187 e. The molecular formula is C19H16N4OS. The molecule has 4 aromatic rings. The number of aromatic hydroxyl groups is 1.